The highest BCUT2D eigenvalue weighted by molar-refractivity contribution is 5.99. The summed E-state index contributed by atoms with van der Waals surface area (Å²) in [6.07, 6.45) is 0.394. The second kappa shape index (κ2) is 6.06. The molecular formula is C15H23NO3. The Labute approximate surface area is 114 Å². The molecule has 2 N–H and O–H groups in total. The minimum absolute atomic E-state index is 0.0399. The SMILES string of the molecule is COc1ccc(C(=O)CC(C)(C)CN)c(OC)c1C. The molecule has 0 spiro atoms. The molecule has 0 atom stereocenters. The molecule has 1 aromatic rings. The zero-order valence-corrected chi connectivity index (χ0v) is 12.4. The third-order valence-corrected chi connectivity index (χ3v) is 3.27. The van der Waals surface area contributed by atoms with Gasteiger partial charge in [-0.15, -0.1) is 0 Å². The van der Waals surface area contributed by atoms with Gasteiger partial charge in [0.05, 0.1) is 19.8 Å². The maximum atomic E-state index is 12.4. The average Bonchev–Trinajstić information content (AvgIpc) is 2.37. The number of ether oxygens (including phenoxy) is 2. The van der Waals surface area contributed by atoms with E-state index in [1.807, 2.05) is 20.8 Å². The third-order valence-electron chi connectivity index (χ3n) is 3.27. The van der Waals surface area contributed by atoms with E-state index in [0.29, 0.717) is 30.0 Å². The van der Waals surface area contributed by atoms with Gasteiger partial charge in [-0.05, 0) is 31.0 Å². The number of hydrogen-bond acceptors (Lipinski definition) is 4. The Morgan fingerprint density at radius 3 is 2.37 bits per heavy atom. The van der Waals surface area contributed by atoms with Gasteiger partial charge >= 0.3 is 0 Å². The molecule has 0 bridgehead atoms. The standard InChI is InChI=1S/C15H23NO3/c1-10-13(18-4)7-6-11(14(10)19-5)12(17)8-15(2,3)9-16/h6-7H,8-9,16H2,1-5H3. The quantitative estimate of drug-likeness (QED) is 0.803. The molecule has 4 nitrogen and oxygen atoms in total. The molecule has 0 fully saturated rings. The van der Waals surface area contributed by atoms with Crippen LogP contribution in [0.3, 0.4) is 0 Å². The average molecular weight is 265 g/mol. The van der Waals surface area contributed by atoms with Crippen LogP contribution in [0.1, 0.15) is 36.2 Å². The van der Waals surface area contributed by atoms with Crippen molar-refractivity contribution in [1.29, 1.82) is 0 Å². The number of hydrogen-bond donors (Lipinski definition) is 1. The summed E-state index contributed by atoms with van der Waals surface area (Å²) in [4.78, 5) is 12.4. The molecular weight excluding hydrogens is 242 g/mol. The Bertz CT molecular complexity index is 467. The molecule has 0 radical (unpaired) electrons. The predicted molar refractivity (Wildman–Crippen MR) is 76.1 cm³/mol. The lowest BCUT2D eigenvalue weighted by Crippen LogP contribution is -2.26. The van der Waals surface area contributed by atoms with Crippen LogP contribution in [0.4, 0.5) is 0 Å². The van der Waals surface area contributed by atoms with E-state index in [9.17, 15) is 4.79 Å². The number of methoxy groups -OCH3 is 2. The summed E-state index contributed by atoms with van der Waals surface area (Å²) < 4.78 is 10.6. The topological polar surface area (TPSA) is 61.5 Å². The number of carbonyl (C=O) groups excluding carboxylic acids is 1. The first kappa shape index (κ1) is 15.5. The Kier molecular flexibility index (Phi) is 4.95. The van der Waals surface area contributed by atoms with Crippen molar-refractivity contribution in [3.05, 3.63) is 23.3 Å². The lowest BCUT2D eigenvalue weighted by Gasteiger charge is -2.22. The van der Waals surface area contributed by atoms with E-state index in [-0.39, 0.29) is 11.2 Å². The van der Waals surface area contributed by atoms with Crippen molar-refractivity contribution in [2.75, 3.05) is 20.8 Å². The van der Waals surface area contributed by atoms with Crippen molar-refractivity contribution in [3.63, 3.8) is 0 Å². The minimum Gasteiger partial charge on any atom is -0.496 e. The van der Waals surface area contributed by atoms with Gasteiger partial charge in [0.1, 0.15) is 11.5 Å². The van der Waals surface area contributed by atoms with Crippen molar-refractivity contribution < 1.29 is 14.3 Å². The Morgan fingerprint density at radius 2 is 1.89 bits per heavy atom. The molecule has 0 saturated heterocycles. The van der Waals surface area contributed by atoms with Crippen LogP contribution in [0.25, 0.3) is 0 Å². The van der Waals surface area contributed by atoms with E-state index in [4.69, 9.17) is 15.2 Å². The molecule has 4 heteroatoms. The first-order valence-corrected chi connectivity index (χ1v) is 6.31. The van der Waals surface area contributed by atoms with Crippen molar-refractivity contribution in [1.82, 2.24) is 0 Å². The van der Waals surface area contributed by atoms with Gasteiger partial charge < -0.3 is 15.2 Å². The monoisotopic (exact) mass is 265 g/mol. The van der Waals surface area contributed by atoms with Crippen LogP contribution in [0, 0.1) is 12.3 Å². The van der Waals surface area contributed by atoms with Gasteiger partial charge in [-0.2, -0.15) is 0 Å². The van der Waals surface area contributed by atoms with Crippen LogP contribution in [0.15, 0.2) is 12.1 Å². The van der Waals surface area contributed by atoms with Crippen LogP contribution in [0.2, 0.25) is 0 Å². The van der Waals surface area contributed by atoms with E-state index in [1.165, 1.54) is 0 Å². The number of carbonyl (C=O) groups is 1. The van der Waals surface area contributed by atoms with Crippen LogP contribution >= 0.6 is 0 Å². The van der Waals surface area contributed by atoms with Gasteiger partial charge in [0.2, 0.25) is 0 Å². The lowest BCUT2D eigenvalue weighted by molar-refractivity contribution is 0.0931. The predicted octanol–water partition coefficient (Wildman–Crippen LogP) is 2.57. The van der Waals surface area contributed by atoms with Crippen LogP contribution in [0.5, 0.6) is 11.5 Å². The van der Waals surface area contributed by atoms with Crippen LogP contribution in [-0.2, 0) is 0 Å². The highest BCUT2D eigenvalue weighted by Gasteiger charge is 2.24. The number of Topliss-reactive ketones (excluding diaryl/α,β-unsaturated/α-hetero) is 1. The molecule has 0 aliphatic rings. The van der Waals surface area contributed by atoms with Gasteiger partial charge in [0, 0.05) is 12.0 Å². The maximum absolute atomic E-state index is 12.4. The van der Waals surface area contributed by atoms with Gasteiger partial charge in [-0.25, -0.2) is 0 Å². The second-order valence-corrected chi connectivity index (χ2v) is 5.44. The molecule has 0 aromatic heterocycles. The summed E-state index contributed by atoms with van der Waals surface area (Å²) in [6, 6.07) is 3.54. The molecule has 1 rings (SSSR count). The number of nitrogens with two attached hydrogens (primary N) is 1. The van der Waals surface area contributed by atoms with Gasteiger partial charge in [0.15, 0.2) is 5.78 Å². The number of ketones is 1. The molecule has 0 unspecified atom stereocenters. The van der Waals surface area contributed by atoms with E-state index >= 15 is 0 Å². The first-order valence-electron chi connectivity index (χ1n) is 6.31. The summed E-state index contributed by atoms with van der Waals surface area (Å²) in [5, 5.41) is 0. The van der Waals surface area contributed by atoms with Crippen molar-refractivity contribution >= 4 is 5.78 Å². The first-order chi connectivity index (χ1) is 8.86. The van der Waals surface area contributed by atoms with Crippen molar-refractivity contribution in [2.24, 2.45) is 11.1 Å². The summed E-state index contributed by atoms with van der Waals surface area (Å²) in [5.41, 5.74) is 6.88. The zero-order chi connectivity index (χ0) is 14.6. The Morgan fingerprint density at radius 1 is 1.26 bits per heavy atom. The normalized spacial score (nSPS) is 11.3. The lowest BCUT2D eigenvalue weighted by atomic mass is 9.85. The summed E-state index contributed by atoms with van der Waals surface area (Å²) in [7, 11) is 3.16. The van der Waals surface area contributed by atoms with E-state index in [1.54, 1.807) is 26.4 Å². The van der Waals surface area contributed by atoms with Crippen LogP contribution in [-0.4, -0.2) is 26.5 Å². The highest BCUT2D eigenvalue weighted by atomic mass is 16.5. The Balaban J connectivity index is 3.14. The smallest absolute Gasteiger partial charge is 0.167 e. The van der Waals surface area contributed by atoms with Gasteiger partial charge in [0.25, 0.3) is 0 Å². The number of rotatable bonds is 6. The summed E-state index contributed by atoms with van der Waals surface area (Å²) >= 11 is 0. The maximum Gasteiger partial charge on any atom is 0.167 e. The van der Waals surface area contributed by atoms with Crippen LogP contribution < -0.4 is 15.2 Å². The van der Waals surface area contributed by atoms with Crippen molar-refractivity contribution in [3.8, 4) is 11.5 Å². The molecule has 106 valence electrons. The zero-order valence-electron chi connectivity index (χ0n) is 12.4. The highest BCUT2D eigenvalue weighted by Crippen LogP contribution is 2.33. The summed E-state index contributed by atoms with van der Waals surface area (Å²) in [5.74, 6) is 1.33. The fourth-order valence-corrected chi connectivity index (χ4v) is 1.98. The molecule has 0 saturated carbocycles. The van der Waals surface area contributed by atoms with E-state index in [2.05, 4.69) is 0 Å². The molecule has 0 aliphatic carbocycles. The van der Waals surface area contributed by atoms with E-state index < -0.39 is 0 Å². The Hall–Kier alpha value is -1.55. The summed E-state index contributed by atoms with van der Waals surface area (Å²) in [6.45, 7) is 6.31. The molecule has 0 amide bonds. The number of benzene rings is 1. The van der Waals surface area contributed by atoms with Gasteiger partial charge in [-0.3, -0.25) is 4.79 Å². The fraction of sp³-hybridized carbons (Fsp3) is 0.533. The molecule has 19 heavy (non-hydrogen) atoms. The fourth-order valence-electron chi connectivity index (χ4n) is 1.98. The van der Waals surface area contributed by atoms with E-state index in [0.717, 1.165) is 5.56 Å². The molecule has 0 heterocycles. The van der Waals surface area contributed by atoms with Gasteiger partial charge in [-0.1, -0.05) is 13.8 Å². The largest absolute Gasteiger partial charge is 0.496 e. The molecule has 1 aromatic carbocycles. The molecule has 0 aliphatic heterocycles. The minimum atomic E-state index is -0.212. The second-order valence-electron chi connectivity index (χ2n) is 5.44. The third kappa shape index (κ3) is 3.47. The van der Waals surface area contributed by atoms with Crippen molar-refractivity contribution in [2.45, 2.75) is 27.2 Å².